The first-order valence-electron chi connectivity index (χ1n) is 9.58. The van der Waals surface area contributed by atoms with E-state index in [1.54, 1.807) is 48.0 Å². The molecule has 2 aromatic carbocycles. The molecule has 0 unspecified atom stereocenters. The number of hydrogen-bond donors (Lipinski definition) is 0. The van der Waals surface area contributed by atoms with Crippen molar-refractivity contribution in [2.24, 2.45) is 0 Å². The minimum atomic E-state index is -0.181. The predicted octanol–water partition coefficient (Wildman–Crippen LogP) is 5.69. The first-order valence-corrected chi connectivity index (χ1v) is 11.8. The highest BCUT2D eigenvalue weighted by molar-refractivity contribution is 8.00. The topological polar surface area (TPSA) is 68.5 Å². The van der Waals surface area contributed by atoms with E-state index in [2.05, 4.69) is 10.2 Å². The second-order valence-electron chi connectivity index (χ2n) is 6.81. The SMILES string of the molecule is Cc1nnc(SCc2c(C(=O)N(C)CCOc3ccc(Cl)cc3)oc3ccccc23)s1. The van der Waals surface area contributed by atoms with Crippen molar-refractivity contribution in [3.8, 4) is 5.75 Å². The van der Waals surface area contributed by atoms with Crippen LogP contribution in [-0.4, -0.2) is 41.2 Å². The monoisotopic (exact) mass is 473 g/mol. The Morgan fingerprint density at radius 2 is 1.97 bits per heavy atom. The van der Waals surface area contributed by atoms with Crippen LogP contribution in [0.2, 0.25) is 5.02 Å². The molecule has 0 aliphatic rings. The number of benzene rings is 2. The lowest BCUT2D eigenvalue weighted by Gasteiger charge is -2.17. The highest BCUT2D eigenvalue weighted by Gasteiger charge is 2.23. The van der Waals surface area contributed by atoms with Crippen LogP contribution < -0.4 is 4.74 Å². The second kappa shape index (κ2) is 9.72. The van der Waals surface area contributed by atoms with Crippen LogP contribution in [0.5, 0.6) is 5.75 Å². The number of furan rings is 1. The van der Waals surface area contributed by atoms with Crippen molar-refractivity contribution in [1.82, 2.24) is 15.1 Å². The number of thioether (sulfide) groups is 1. The summed E-state index contributed by atoms with van der Waals surface area (Å²) < 4.78 is 12.5. The maximum atomic E-state index is 13.2. The van der Waals surface area contributed by atoms with Gasteiger partial charge in [0.15, 0.2) is 10.1 Å². The average Bonchev–Trinajstić information content (AvgIpc) is 3.36. The molecule has 0 N–H and O–H groups in total. The van der Waals surface area contributed by atoms with Gasteiger partial charge in [-0.2, -0.15) is 0 Å². The van der Waals surface area contributed by atoms with Crippen LogP contribution in [0.3, 0.4) is 0 Å². The zero-order chi connectivity index (χ0) is 21.8. The van der Waals surface area contributed by atoms with Gasteiger partial charge in [0.05, 0.1) is 6.54 Å². The number of carbonyl (C=O) groups excluding carboxylic acids is 1. The number of likely N-dealkylation sites (N-methyl/N-ethyl adjacent to an activating group) is 1. The van der Waals surface area contributed by atoms with Crippen LogP contribution in [0, 0.1) is 6.92 Å². The lowest BCUT2D eigenvalue weighted by atomic mass is 10.1. The number of aromatic nitrogens is 2. The maximum Gasteiger partial charge on any atom is 0.289 e. The number of rotatable bonds is 8. The summed E-state index contributed by atoms with van der Waals surface area (Å²) in [4.78, 5) is 14.8. The Morgan fingerprint density at radius 3 is 2.71 bits per heavy atom. The van der Waals surface area contributed by atoms with Gasteiger partial charge in [0.1, 0.15) is 22.9 Å². The first kappa shape index (κ1) is 21.7. The molecule has 0 spiro atoms. The van der Waals surface area contributed by atoms with Gasteiger partial charge in [0.25, 0.3) is 5.91 Å². The van der Waals surface area contributed by atoms with Crippen molar-refractivity contribution in [3.63, 3.8) is 0 Å². The van der Waals surface area contributed by atoms with Gasteiger partial charge in [-0.05, 0) is 37.3 Å². The molecule has 6 nitrogen and oxygen atoms in total. The zero-order valence-electron chi connectivity index (χ0n) is 17.0. The Morgan fingerprint density at radius 1 is 1.19 bits per heavy atom. The molecule has 0 radical (unpaired) electrons. The number of para-hydroxylation sites is 1. The van der Waals surface area contributed by atoms with Crippen molar-refractivity contribution < 1.29 is 13.9 Å². The molecule has 0 aliphatic heterocycles. The van der Waals surface area contributed by atoms with Crippen molar-refractivity contribution in [3.05, 3.63) is 69.9 Å². The Hall–Kier alpha value is -2.55. The summed E-state index contributed by atoms with van der Waals surface area (Å²) in [5, 5.41) is 10.7. The van der Waals surface area contributed by atoms with Gasteiger partial charge in [-0.1, -0.05) is 52.9 Å². The molecule has 0 fully saturated rings. The molecular weight excluding hydrogens is 454 g/mol. The Bertz CT molecular complexity index is 1190. The fraction of sp³-hybridized carbons (Fsp3) is 0.227. The van der Waals surface area contributed by atoms with Crippen LogP contribution in [0.4, 0.5) is 0 Å². The smallest absolute Gasteiger partial charge is 0.289 e. The zero-order valence-corrected chi connectivity index (χ0v) is 19.4. The van der Waals surface area contributed by atoms with E-state index in [0.29, 0.717) is 41.0 Å². The van der Waals surface area contributed by atoms with Crippen LogP contribution in [-0.2, 0) is 5.75 Å². The van der Waals surface area contributed by atoms with Gasteiger partial charge in [0, 0.05) is 28.8 Å². The number of fused-ring (bicyclic) bond motifs is 1. The molecule has 0 atom stereocenters. The summed E-state index contributed by atoms with van der Waals surface area (Å²) in [6.45, 7) is 2.70. The van der Waals surface area contributed by atoms with Crippen LogP contribution in [0.15, 0.2) is 57.3 Å². The summed E-state index contributed by atoms with van der Waals surface area (Å²) in [5.41, 5.74) is 1.56. The summed E-state index contributed by atoms with van der Waals surface area (Å²) in [5.74, 6) is 1.45. The number of halogens is 1. The number of carbonyl (C=O) groups is 1. The van der Waals surface area contributed by atoms with E-state index in [1.807, 2.05) is 31.2 Å². The standard InChI is InChI=1S/C22H20ClN3O3S2/c1-14-24-25-22(31-14)30-13-18-17-5-3-4-6-19(17)29-20(18)21(27)26(2)11-12-28-16-9-7-15(23)8-10-16/h3-10H,11-13H2,1-2H3. The molecule has 160 valence electrons. The van der Waals surface area contributed by atoms with E-state index >= 15 is 0 Å². The minimum Gasteiger partial charge on any atom is -0.492 e. The van der Waals surface area contributed by atoms with Crippen LogP contribution in [0.1, 0.15) is 21.1 Å². The summed E-state index contributed by atoms with van der Waals surface area (Å²) in [6.07, 6.45) is 0. The normalized spacial score (nSPS) is 11.1. The predicted molar refractivity (Wildman–Crippen MR) is 124 cm³/mol. The van der Waals surface area contributed by atoms with E-state index in [1.165, 1.54) is 11.3 Å². The minimum absolute atomic E-state index is 0.181. The third-order valence-electron chi connectivity index (χ3n) is 4.60. The van der Waals surface area contributed by atoms with Crippen molar-refractivity contribution >= 4 is 51.6 Å². The molecule has 31 heavy (non-hydrogen) atoms. The van der Waals surface area contributed by atoms with E-state index < -0.39 is 0 Å². The van der Waals surface area contributed by atoms with Gasteiger partial charge in [0.2, 0.25) is 0 Å². The largest absolute Gasteiger partial charge is 0.492 e. The summed E-state index contributed by atoms with van der Waals surface area (Å²) in [7, 11) is 1.74. The first-order chi connectivity index (χ1) is 15.0. The number of ether oxygens (including phenoxy) is 1. The Labute approximate surface area is 193 Å². The lowest BCUT2D eigenvalue weighted by molar-refractivity contribution is 0.0743. The third kappa shape index (κ3) is 5.20. The molecule has 2 heterocycles. The van der Waals surface area contributed by atoms with E-state index in [-0.39, 0.29) is 5.91 Å². The van der Waals surface area contributed by atoms with Crippen molar-refractivity contribution in [2.45, 2.75) is 17.0 Å². The number of amides is 1. The number of aryl methyl sites for hydroxylation is 1. The highest BCUT2D eigenvalue weighted by Crippen LogP contribution is 2.33. The molecule has 4 rings (SSSR count). The summed E-state index contributed by atoms with van der Waals surface area (Å²) >= 11 is 8.98. The van der Waals surface area contributed by atoms with Gasteiger partial charge in [-0.15, -0.1) is 10.2 Å². The molecule has 9 heteroatoms. The Kier molecular flexibility index (Phi) is 6.80. The lowest BCUT2D eigenvalue weighted by Crippen LogP contribution is -2.31. The molecule has 0 saturated heterocycles. The quantitative estimate of drug-likeness (QED) is 0.306. The van der Waals surface area contributed by atoms with Gasteiger partial charge in [-0.3, -0.25) is 4.79 Å². The molecule has 0 saturated carbocycles. The van der Waals surface area contributed by atoms with E-state index in [9.17, 15) is 4.79 Å². The molecule has 4 aromatic rings. The van der Waals surface area contributed by atoms with E-state index in [0.717, 1.165) is 20.3 Å². The maximum absolute atomic E-state index is 13.2. The van der Waals surface area contributed by atoms with Crippen LogP contribution >= 0.6 is 34.7 Å². The molecule has 0 aliphatic carbocycles. The van der Waals surface area contributed by atoms with Gasteiger partial charge >= 0.3 is 0 Å². The summed E-state index contributed by atoms with van der Waals surface area (Å²) in [6, 6.07) is 14.8. The van der Waals surface area contributed by atoms with Gasteiger partial charge < -0.3 is 14.1 Å². The van der Waals surface area contributed by atoms with Gasteiger partial charge in [-0.25, -0.2) is 0 Å². The molecule has 1 amide bonds. The van der Waals surface area contributed by atoms with Crippen molar-refractivity contribution in [2.75, 3.05) is 20.2 Å². The average molecular weight is 474 g/mol. The molecular formula is C22H20ClN3O3S2. The van der Waals surface area contributed by atoms with Crippen LogP contribution in [0.25, 0.3) is 11.0 Å². The highest BCUT2D eigenvalue weighted by atomic mass is 35.5. The second-order valence-corrected chi connectivity index (χ2v) is 9.65. The fourth-order valence-electron chi connectivity index (χ4n) is 2.99. The van der Waals surface area contributed by atoms with E-state index in [4.69, 9.17) is 20.8 Å². The fourth-order valence-corrected chi connectivity index (χ4v) is 4.96. The molecule has 0 bridgehead atoms. The Balaban J connectivity index is 1.47. The molecule has 2 aromatic heterocycles. The van der Waals surface area contributed by atoms with Crippen molar-refractivity contribution in [1.29, 1.82) is 0 Å². The number of hydrogen-bond acceptors (Lipinski definition) is 7. The number of nitrogens with zero attached hydrogens (tertiary/aromatic N) is 3. The third-order valence-corrected chi connectivity index (χ3v) is 6.85.